The normalized spacial score (nSPS) is 10.7. The van der Waals surface area contributed by atoms with E-state index in [4.69, 9.17) is 5.84 Å². The van der Waals surface area contributed by atoms with Crippen LogP contribution in [-0.2, 0) is 13.0 Å². The second kappa shape index (κ2) is 5.79. The van der Waals surface area contributed by atoms with Crippen LogP contribution in [0.25, 0.3) is 11.5 Å². The number of aryl methyl sites for hydroxylation is 2. The molecule has 0 aromatic carbocycles. The maximum absolute atomic E-state index is 5.55. The highest BCUT2D eigenvalue weighted by Crippen LogP contribution is 2.22. The topological polar surface area (TPSA) is 81.7 Å². The Morgan fingerprint density at radius 3 is 2.74 bits per heavy atom. The van der Waals surface area contributed by atoms with E-state index in [9.17, 15) is 0 Å². The van der Waals surface area contributed by atoms with E-state index in [1.807, 2.05) is 6.92 Å². The van der Waals surface area contributed by atoms with Crippen molar-refractivity contribution in [3.05, 3.63) is 23.8 Å². The summed E-state index contributed by atoms with van der Waals surface area (Å²) in [6.45, 7) is 7.07. The molecule has 0 aliphatic rings. The highest BCUT2D eigenvalue weighted by molar-refractivity contribution is 5.56. The molecule has 0 unspecified atom stereocenters. The lowest BCUT2D eigenvalue weighted by molar-refractivity contribution is 0.681. The Balaban J connectivity index is 2.50. The van der Waals surface area contributed by atoms with E-state index in [-0.39, 0.29) is 0 Å². The Hall–Kier alpha value is -1.95. The van der Waals surface area contributed by atoms with Crippen LogP contribution < -0.4 is 11.3 Å². The summed E-state index contributed by atoms with van der Waals surface area (Å²) in [6.07, 6.45) is 5.48. The van der Waals surface area contributed by atoms with Gasteiger partial charge in [0, 0.05) is 17.8 Å². The smallest absolute Gasteiger partial charge is 0.180 e. The number of nitrogen functional groups attached to an aromatic ring is 1. The Kier molecular flexibility index (Phi) is 4.11. The van der Waals surface area contributed by atoms with Crippen LogP contribution in [0.3, 0.4) is 0 Å². The van der Waals surface area contributed by atoms with Crippen molar-refractivity contribution in [1.82, 2.24) is 19.5 Å². The highest BCUT2D eigenvalue weighted by Gasteiger charge is 2.13. The summed E-state index contributed by atoms with van der Waals surface area (Å²) in [5.74, 6) is 6.90. The van der Waals surface area contributed by atoms with Gasteiger partial charge in [0.25, 0.3) is 0 Å². The van der Waals surface area contributed by atoms with E-state index in [0.29, 0.717) is 11.6 Å². The molecule has 2 aromatic rings. The Bertz CT molecular complexity index is 560. The summed E-state index contributed by atoms with van der Waals surface area (Å²) < 4.78 is 2.06. The standard InChI is InChI=1S/C13H20N6/c1-4-6-19-8-15-7-11(19)13-16-9(3)10(5-2)12(17-13)18-14/h7-8H,4-6,14H2,1-3H3,(H,16,17,18). The van der Waals surface area contributed by atoms with Crippen molar-refractivity contribution < 1.29 is 0 Å². The molecule has 0 fully saturated rings. The molecule has 102 valence electrons. The molecule has 0 aliphatic carbocycles. The van der Waals surface area contributed by atoms with Gasteiger partial charge in [0.2, 0.25) is 0 Å². The summed E-state index contributed by atoms with van der Waals surface area (Å²) in [6, 6.07) is 0. The first-order valence-corrected chi connectivity index (χ1v) is 6.55. The van der Waals surface area contributed by atoms with Gasteiger partial charge in [0.05, 0.1) is 12.5 Å². The minimum Gasteiger partial charge on any atom is -0.328 e. The number of imidazole rings is 1. The fourth-order valence-electron chi connectivity index (χ4n) is 2.18. The number of aromatic nitrogens is 4. The number of hydrogen-bond acceptors (Lipinski definition) is 5. The van der Waals surface area contributed by atoms with E-state index in [1.165, 1.54) is 0 Å². The zero-order valence-corrected chi connectivity index (χ0v) is 11.6. The maximum atomic E-state index is 5.55. The molecule has 2 rings (SSSR count). The van der Waals surface area contributed by atoms with E-state index in [0.717, 1.165) is 36.3 Å². The van der Waals surface area contributed by atoms with Gasteiger partial charge in [-0.15, -0.1) is 0 Å². The first-order valence-electron chi connectivity index (χ1n) is 6.55. The Morgan fingerprint density at radius 1 is 1.32 bits per heavy atom. The van der Waals surface area contributed by atoms with Crippen molar-refractivity contribution in [2.45, 2.75) is 40.2 Å². The third-order valence-electron chi connectivity index (χ3n) is 3.11. The third kappa shape index (κ3) is 2.58. The number of hydrogen-bond donors (Lipinski definition) is 2. The molecule has 2 heterocycles. The minimum atomic E-state index is 0.661. The maximum Gasteiger partial charge on any atom is 0.180 e. The lowest BCUT2D eigenvalue weighted by atomic mass is 10.1. The number of nitrogens with zero attached hydrogens (tertiary/aromatic N) is 4. The first kappa shape index (κ1) is 13.5. The molecule has 0 amide bonds. The van der Waals surface area contributed by atoms with Crippen molar-refractivity contribution in [2.24, 2.45) is 5.84 Å². The fourth-order valence-corrected chi connectivity index (χ4v) is 2.18. The number of nitrogens with two attached hydrogens (primary N) is 1. The van der Waals surface area contributed by atoms with Gasteiger partial charge in [-0.25, -0.2) is 20.8 Å². The predicted molar refractivity (Wildman–Crippen MR) is 75.5 cm³/mol. The number of anilines is 1. The second-order valence-electron chi connectivity index (χ2n) is 4.43. The Labute approximate surface area is 113 Å². The fraction of sp³-hybridized carbons (Fsp3) is 0.462. The highest BCUT2D eigenvalue weighted by atomic mass is 15.3. The summed E-state index contributed by atoms with van der Waals surface area (Å²) in [5.41, 5.74) is 5.58. The van der Waals surface area contributed by atoms with Crippen molar-refractivity contribution in [3.8, 4) is 11.5 Å². The molecule has 0 spiro atoms. The molecule has 0 aliphatic heterocycles. The minimum absolute atomic E-state index is 0.661. The summed E-state index contributed by atoms with van der Waals surface area (Å²) >= 11 is 0. The number of rotatable bonds is 5. The van der Waals surface area contributed by atoms with E-state index < -0.39 is 0 Å². The van der Waals surface area contributed by atoms with Crippen LogP contribution in [0.1, 0.15) is 31.5 Å². The lowest BCUT2D eigenvalue weighted by Crippen LogP contribution is -2.14. The van der Waals surface area contributed by atoms with Crippen LogP contribution in [0.4, 0.5) is 5.82 Å². The monoisotopic (exact) mass is 260 g/mol. The van der Waals surface area contributed by atoms with Gasteiger partial charge in [-0.1, -0.05) is 13.8 Å². The molecule has 2 aromatic heterocycles. The van der Waals surface area contributed by atoms with Crippen molar-refractivity contribution >= 4 is 5.82 Å². The van der Waals surface area contributed by atoms with Crippen molar-refractivity contribution in [1.29, 1.82) is 0 Å². The van der Waals surface area contributed by atoms with Gasteiger partial charge in [0.15, 0.2) is 5.82 Å². The van der Waals surface area contributed by atoms with Crippen LogP contribution in [0.15, 0.2) is 12.5 Å². The predicted octanol–water partition coefficient (Wildman–Crippen LogP) is 1.91. The van der Waals surface area contributed by atoms with Gasteiger partial charge < -0.3 is 9.99 Å². The van der Waals surface area contributed by atoms with Gasteiger partial charge in [-0.2, -0.15) is 0 Å². The van der Waals surface area contributed by atoms with Crippen LogP contribution >= 0.6 is 0 Å². The van der Waals surface area contributed by atoms with Crippen LogP contribution in [0.5, 0.6) is 0 Å². The van der Waals surface area contributed by atoms with Crippen LogP contribution in [0, 0.1) is 6.92 Å². The summed E-state index contributed by atoms with van der Waals surface area (Å²) in [4.78, 5) is 13.2. The first-order chi connectivity index (χ1) is 9.21. The molecule has 0 radical (unpaired) electrons. The largest absolute Gasteiger partial charge is 0.328 e. The molecule has 0 atom stereocenters. The molecule has 0 saturated heterocycles. The zero-order chi connectivity index (χ0) is 13.8. The number of nitrogens with one attached hydrogen (secondary N) is 1. The van der Waals surface area contributed by atoms with Crippen molar-refractivity contribution in [3.63, 3.8) is 0 Å². The Morgan fingerprint density at radius 2 is 2.11 bits per heavy atom. The molecule has 6 heteroatoms. The third-order valence-corrected chi connectivity index (χ3v) is 3.11. The van der Waals surface area contributed by atoms with E-state index in [2.05, 4.69) is 38.8 Å². The van der Waals surface area contributed by atoms with Gasteiger partial charge in [-0.05, 0) is 19.8 Å². The average molecular weight is 260 g/mol. The zero-order valence-electron chi connectivity index (χ0n) is 11.6. The molecule has 6 nitrogen and oxygen atoms in total. The molecular formula is C13H20N6. The van der Waals surface area contributed by atoms with Gasteiger partial charge >= 0.3 is 0 Å². The van der Waals surface area contributed by atoms with Gasteiger partial charge in [0.1, 0.15) is 11.5 Å². The molecule has 0 saturated carbocycles. The van der Waals surface area contributed by atoms with Crippen LogP contribution in [-0.4, -0.2) is 19.5 Å². The molecule has 19 heavy (non-hydrogen) atoms. The lowest BCUT2D eigenvalue weighted by Gasteiger charge is -2.12. The van der Waals surface area contributed by atoms with Crippen LogP contribution in [0.2, 0.25) is 0 Å². The summed E-state index contributed by atoms with van der Waals surface area (Å²) in [7, 11) is 0. The average Bonchev–Trinajstić information content (AvgIpc) is 2.86. The quantitative estimate of drug-likeness (QED) is 0.634. The molecule has 3 N–H and O–H groups in total. The SMILES string of the molecule is CCCn1cncc1-c1nc(C)c(CC)c(NN)n1. The van der Waals surface area contributed by atoms with Crippen molar-refractivity contribution in [2.75, 3.05) is 5.43 Å². The van der Waals surface area contributed by atoms with E-state index >= 15 is 0 Å². The second-order valence-corrected chi connectivity index (χ2v) is 4.43. The summed E-state index contributed by atoms with van der Waals surface area (Å²) in [5, 5.41) is 0. The number of hydrazine groups is 1. The van der Waals surface area contributed by atoms with E-state index in [1.54, 1.807) is 12.5 Å². The molecular weight excluding hydrogens is 240 g/mol. The van der Waals surface area contributed by atoms with Gasteiger partial charge in [-0.3, -0.25) is 0 Å². The molecule has 0 bridgehead atoms.